The summed E-state index contributed by atoms with van der Waals surface area (Å²) in [4.78, 5) is 17.3. The SMILES string of the molecule is COc1ccc(Nc2nc(NCC(C)O)nc3nccnc23)cc1. The second-order valence-electron chi connectivity index (χ2n) is 5.21. The van der Waals surface area contributed by atoms with E-state index in [1.54, 1.807) is 26.4 Å². The largest absolute Gasteiger partial charge is 0.497 e. The van der Waals surface area contributed by atoms with Crippen molar-refractivity contribution in [2.75, 3.05) is 24.3 Å². The van der Waals surface area contributed by atoms with Crippen molar-refractivity contribution >= 4 is 28.6 Å². The monoisotopic (exact) mass is 326 g/mol. The Hall–Kier alpha value is -3.00. The number of ether oxygens (including phenoxy) is 1. The molecule has 3 rings (SSSR count). The van der Waals surface area contributed by atoms with E-state index in [-0.39, 0.29) is 0 Å². The molecule has 0 bridgehead atoms. The van der Waals surface area contributed by atoms with Crippen LogP contribution in [0.25, 0.3) is 11.2 Å². The number of aliphatic hydroxyl groups excluding tert-OH is 1. The van der Waals surface area contributed by atoms with Crippen LogP contribution in [0.4, 0.5) is 17.5 Å². The molecule has 0 aliphatic heterocycles. The third kappa shape index (κ3) is 3.66. The second kappa shape index (κ2) is 7.05. The average Bonchev–Trinajstić information content (AvgIpc) is 2.60. The molecule has 8 nitrogen and oxygen atoms in total. The van der Waals surface area contributed by atoms with Gasteiger partial charge in [-0.1, -0.05) is 0 Å². The Morgan fingerprint density at radius 3 is 2.58 bits per heavy atom. The molecule has 124 valence electrons. The molecule has 1 atom stereocenters. The van der Waals surface area contributed by atoms with Crippen LogP contribution in [0.3, 0.4) is 0 Å². The summed E-state index contributed by atoms with van der Waals surface area (Å²) in [5, 5.41) is 15.6. The molecular formula is C16H18N6O2. The van der Waals surface area contributed by atoms with E-state index in [2.05, 4.69) is 30.6 Å². The number of nitrogens with one attached hydrogen (secondary N) is 2. The summed E-state index contributed by atoms with van der Waals surface area (Å²) in [5.74, 6) is 1.68. The number of rotatable bonds is 6. The van der Waals surface area contributed by atoms with Gasteiger partial charge in [0.2, 0.25) is 5.95 Å². The molecule has 3 aromatic rings. The summed E-state index contributed by atoms with van der Waals surface area (Å²) in [6.45, 7) is 2.03. The first kappa shape index (κ1) is 15.9. The molecule has 0 saturated carbocycles. The van der Waals surface area contributed by atoms with Crippen LogP contribution in [-0.4, -0.2) is 44.8 Å². The van der Waals surface area contributed by atoms with Crippen molar-refractivity contribution in [3.8, 4) is 5.75 Å². The van der Waals surface area contributed by atoms with Gasteiger partial charge in [-0.05, 0) is 31.2 Å². The van der Waals surface area contributed by atoms with Crippen LogP contribution in [0.1, 0.15) is 6.92 Å². The first-order valence-electron chi connectivity index (χ1n) is 7.47. The van der Waals surface area contributed by atoms with E-state index in [0.29, 0.717) is 29.5 Å². The van der Waals surface area contributed by atoms with Crippen LogP contribution in [0.2, 0.25) is 0 Å². The molecule has 2 aromatic heterocycles. The minimum absolute atomic E-state index is 0.341. The van der Waals surface area contributed by atoms with E-state index in [9.17, 15) is 5.11 Å². The summed E-state index contributed by atoms with van der Waals surface area (Å²) in [7, 11) is 1.62. The Bertz CT molecular complexity index is 822. The lowest BCUT2D eigenvalue weighted by Crippen LogP contribution is -2.17. The maximum Gasteiger partial charge on any atom is 0.226 e. The number of anilines is 3. The highest BCUT2D eigenvalue weighted by Crippen LogP contribution is 2.23. The molecule has 0 aliphatic carbocycles. The molecule has 3 N–H and O–H groups in total. The van der Waals surface area contributed by atoms with Crippen molar-refractivity contribution in [2.45, 2.75) is 13.0 Å². The minimum atomic E-state index is -0.510. The van der Waals surface area contributed by atoms with Crippen LogP contribution in [0, 0.1) is 0 Å². The first-order chi connectivity index (χ1) is 11.7. The van der Waals surface area contributed by atoms with Gasteiger partial charge in [-0.25, -0.2) is 9.97 Å². The van der Waals surface area contributed by atoms with Crippen molar-refractivity contribution in [3.63, 3.8) is 0 Å². The van der Waals surface area contributed by atoms with Crippen molar-refractivity contribution in [1.82, 2.24) is 19.9 Å². The fraction of sp³-hybridized carbons (Fsp3) is 0.250. The molecule has 0 aliphatic rings. The van der Waals surface area contributed by atoms with Gasteiger partial charge in [0.05, 0.1) is 13.2 Å². The molecule has 0 saturated heterocycles. The normalized spacial score (nSPS) is 12.0. The highest BCUT2D eigenvalue weighted by molar-refractivity contribution is 5.85. The summed E-state index contributed by atoms with van der Waals surface area (Å²) < 4.78 is 5.15. The molecule has 0 radical (unpaired) electrons. The van der Waals surface area contributed by atoms with Crippen LogP contribution >= 0.6 is 0 Å². The molecule has 0 spiro atoms. The number of aliphatic hydroxyl groups is 1. The zero-order valence-electron chi connectivity index (χ0n) is 13.4. The van der Waals surface area contributed by atoms with Gasteiger partial charge in [0, 0.05) is 24.6 Å². The number of hydrogen-bond acceptors (Lipinski definition) is 8. The molecule has 2 heterocycles. The molecule has 0 fully saturated rings. The van der Waals surface area contributed by atoms with Crippen LogP contribution in [0.15, 0.2) is 36.7 Å². The van der Waals surface area contributed by atoms with Crippen LogP contribution in [0.5, 0.6) is 5.75 Å². The van der Waals surface area contributed by atoms with Crippen molar-refractivity contribution < 1.29 is 9.84 Å². The molecule has 8 heteroatoms. The molecular weight excluding hydrogens is 308 g/mol. The molecule has 1 aromatic carbocycles. The fourth-order valence-corrected chi connectivity index (χ4v) is 2.08. The van der Waals surface area contributed by atoms with Gasteiger partial charge in [0.25, 0.3) is 0 Å². The fourth-order valence-electron chi connectivity index (χ4n) is 2.08. The Kier molecular flexibility index (Phi) is 4.66. The van der Waals surface area contributed by atoms with Crippen LogP contribution < -0.4 is 15.4 Å². The third-order valence-corrected chi connectivity index (χ3v) is 3.24. The number of hydrogen-bond donors (Lipinski definition) is 3. The topological polar surface area (TPSA) is 105 Å². The number of aromatic nitrogens is 4. The van der Waals surface area contributed by atoms with E-state index >= 15 is 0 Å². The average molecular weight is 326 g/mol. The van der Waals surface area contributed by atoms with E-state index in [0.717, 1.165) is 11.4 Å². The molecule has 0 amide bonds. The number of methoxy groups -OCH3 is 1. The smallest absolute Gasteiger partial charge is 0.226 e. The van der Waals surface area contributed by atoms with Gasteiger partial charge in [-0.3, -0.25) is 0 Å². The quantitative estimate of drug-likeness (QED) is 0.631. The highest BCUT2D eigenvalue weighted by atomic mass is 16.5. The van der Waals surface area contributed by atoms with Crippen molar-refractivity contribution in [1.29, 1.82) is 0 Å². The predicted octanol–water partition coefficient (Wildman–Crippen LogP) is 1.96. The number of nitrogens with zero attached hydrogens (tertiary/aromatic N) is 4. The summed E-state index contributed by atoms with van der Waals surface area (Å²) in [6.07, 6.45) is 2.66. The lowest BCUT2D eigenvalue weighted by atomic mass is 10.3. The lowest BCUT2D eigenvalue weighted by molar-refractivity contribution is 0.208. The Labute approximate surface area is 139 Å². The number of fused-ring (bicyclic) bond motifs is 1. The maximum absolute atomic E-state index is 9.41. The zero-order valence-corrected chi connectivity index (χ0v) is 13.4. The van der Waals surface area contributed by atoms with Gasteiger partial charge >= 0.3 is 0 Å². The molecule has 1 unspecified atom stereocenters. The van der Waals surface area contributed by atoms with E-state index in [1.165, 1.54) is 0 Å². The minimum Gasteiger partial charge on any atom is -0.497 e. The Morgan fingerprint density at radius 2 is 1.88 bits per heavy atom. The van der Waals surface area contributed by atoms with Gasteiger partial charge in [0.15, 0.2) is 17.0 Å². The first-order valence-corrected chi connectivity index (χ1v) is 7.47. The van der Waals surface area contributed by atoms with Gasteiger partial charge in [-0.15, -0.1) is 0 Å². The summed E-state index contributed by atoms with van der Waals surface area (Å²) in [5.41, 5.74) is 1.87. The van der Waals surface area contributed by atoms with Crippen LogP contribution in [-0.2, 0) is 0 Å². The molecule has 24 heavy (non-hydrogen) atoms. The van der Waals surface area contributed by atoms with Gasteiger partial charge in [-0.2, -0.15) is 9.97 Å². The lowest BCUT2D eigenvalue weighted by Gasteiger charge is -2.11. The van der Waals surface area contributed by atoms with E-state index < -0.39 is 6.10 Å². The standard InChI is InChI=1S/C16H18N6O2/c1-10(23)9-19-16-21-14-13(17-7-8-18-14)15(22-16)20-11-3-5-12(24-2)6-4-11/h3-8,10,23H,9H2,1-2H3,(H2,18,19,20,21,22). The number of benzene rings is 1. The van der Waals surface area contributed by atoms with E-state index in [1.807, 2.05) is 24.3 Å². The van der Waals surface area contributed by atoms with Crippen molar-refractivity contribution in [3.05, 3.63) is 36.7 Å². The maximum atomic E-state index is 9.41. The Morgan fingerprint density at radius 1 is 1.12 bits per heavy atom. The summed E-state index contributed by atoms with van der Waals surface area (Å²) >= 11 is 0. The highest BCUT2D eigenvalue weighted by Gasteiger charge is 2.10. The Balaban J connectivity index is 1.94. The summed E-state index contributed by atoms with van der Waals surface area (Å²) in [6, 6.07) is 7.46. The predicted molar refractivity (Wildman–Crippen MR) is 91.6 cm³/mol. The van der Waals surface area contributed by atoms with E-state index in [4.69, 9.17) is 4.74 Å². The van der Waals surface area contributed by atoms with Gasteiger partial charge in [0.1, 0.15) is 5.75 Å². The zero-order chi connectivity index (χ0) is 16.9. The third-order valence-electron chi connectivity index (χ3n) is 3.24. The van der Waals surface area contributed by atoms with Gasteiger partial charge < -0.3 is 20.5 Å². The second-order valence-corrected chi connectivity index (χ2v) is 5.21. The van der Waals surface area contributed by atoms with Crippen molar-refractivity contribution in [2.24, 2.45) is 0 Å².